The van der Waals surface area contributed by atoms with Gasteiger partial charge < -0.3 is 14.8 Å². The van der Waals surface area contributed by atoms with Gasteiger partial charge in [-0.25, -0.2) is 9.78 Å². The number of ether oxygens (including phenoxy) is 1. The molecule has 20 heavy (non-hydrogen) atoms. The molecule has 0 aliphatic carbocycles. The third-order valence-electron chi connectivity index (χ3n) is 3.09. The number of aromatic amines is 1. The summed E-state index contributed by atoms with van der Waals surface area (Å²) in [5, 5.41) is 8.98. The molecule has 0 radical (unpaired) electrons. The average molecular weight is 268 g/mol. The molecule has 1 heterocycles. The Kier molecular flexibility index (Phi) is 2.87. The smallest absolute Gasteiger partial charge is 0.335 e. The van der Waals surface area contributed by atoms with Gasteiger partial charge in [0.25, 0.3) is 0 Å². The molecule has 0 atom stereocenters. The summed E-state index contributed by atoms with van der Waals surface area (Å²) in [4.78, 5) is 18.5. The molecule has 0 unspecified atom stereocenters. The van der Waals surface area contributed by atoms with E-state index < -0.39 is 5.97 Å². The fraction of sp³-hybridized carbons (Fsp3) is 0.0667. The second-order valence-corrected chi connectivity index (χ2v) is 4.35. The van der Waals surface area contributed by atoms with E-state index in [0.717, 1.165) is 16.8 Å². The predicted molar refractivity (Wildman–Crippen MR) is 75.0 cm³/mol. The molecule has 2 N–H and O–H groups in total. The predicted octanol–water partition coefficient (Wildman–Crippen LogP) is 2.94. The SMILES string of the molecule is COc1ccc(-c2nc3ccc(C(=O)O)cc3[nH]2)cc1. The zero-order chi connectivity index (χ0) is 14.1. The van der Waals surface area contributed by atoms with Gasteiger partial charge in [0, 0.05) is 5.56 Å². The van der Waals surface area contributed by atoms with Crippen molar-refractivity contribution in [2.75, 3.05) is 7.11 Å². The van der Waals surface area contributed by atoms with Crippen LogP contribution in [0.1, 0.15) is 10.4 Å². The zero-order valence-electron chi connectivity index (χ0n) is 10.8. The number of rotatable bonds is 3. The summed E-state index contributed by atoms with van der Waals surface area (Å²) in [5.74, 6) is 0.524. The number of carboxylic acids is 1. The van der Waals surface area contributed by atoms with E-state index in [1.807, 2.05) is 24.3 Å². The quantitative estimate of drug-likeness (QED) is 0.765. The van der Waals surface area contributed by atoms with E-state index in [4.69, 9.17) is 9.84 Å². The molecular formula is C15H12N2O3. The summed E-state index contributed by atoms with van der Waals surface area (Å²) in [6, 6.07) is 12.3. The van der Waals surface area contributed by atoms with Crippen LogP contribution in [0.25, 0.3) is 22.4 Å². The normalized spacial score (nSPS) is 10.7. The highest BCUT2D eigenvalue weighted by Crippen LogP contribution is 2.23. The van der Waals surface area contributed by atoms with Crippen LogP contribution in [0.15, 0.2) is 42.5 Å². The first kappa shape index (κ1) is 12.2. The van der Waals surface area contributed by atoms with Crippen molar-refractivity contribution in [3.05, 3.63) is 48.0 Å². The summed E-state index contributed by atoms with van der Waals surface area (Å²) in [5.41, 5.74) is 2.60. The third-order valence-corrected chi connectivity index (χ3v) is 3.09. The lowest BCUT2D eigenvalue weighted by Crippen LogP contribution is -1.94. The maximum absolute atomic E-state index is 10.9. The topological polar surface area (TPSA) is 75.2 Å². The molecular weight excluding hydrogens is 256 g/mol. The van der Waals surface area contributed by atoms with Crippen LogP contribution in [0, 0.1) is 0 Å². The van der Waals surface area contributed by atoms with E-state index in [2.05, 4.69) is 9.97 Å². The number of carbonyl (C=O) groups is 1. The highest BCUT2D eigenvalue weighted by atomic mass is 16.5. The van der Waals surface area contributed by atoms with Gasteiger partial charge in [-0.2, -0.15) is 0 Å². The lowest BCUT2D eigenvalue weighted by atomic mass is 10.2. The first-order valence-corrected chi connectivity index (χ1v) is 6.05. The van der Waals surface area contributed by atoms with Crippen molar-refractivity contribution in [1.82, 2.24) is 9.97 Å². The maximum Gasteiger partial charge on any atom is 0.335 e. The summed E-state index contributed by atoms with van der Waals surface area (Å²) in [6.45, 7) is 0. The molecule has 0 amide bonds. The van der Waals surface area contributed by atoms with Gasteiger partial charge >= 0.3 is 5.97 Å². The Labute approximate surface area is 114 Å². The molecule has 0 fully saturated rings. The minimum atomic E-state index is -0.951. The Morgan fingerprint density at radius 1 is 1.20 bits per heavy atom. The molecule has 2 aromatic carbocycles. The van der Waals surface area contributed by atoms with Crippen LogP contribution in [0.2, 0.25) is 0 Å². The minimum absolute atomic E-state index is 0.238. The van der Waals surface area contributed by atoms with E-state index in [9.17, 15) is 4.79 Å². The molecule has 5 heteroatoms. The van der Waals surface area contributed by atoms with Crippen LogP contribution in [-0.4, -0.2) is 28.2 Å². The van der Waals surface area contributed by atoms with E-state index >= 15 is 0 Å². The van der Waals surface area contributed by atoms with E-state index in [1.54, 1.807) is 25.3 Å². The van der Waals surface area contributed by atoms with Crippen molar-refractivity contribution < 1.29 is 14.6 Å². The fourth-order valence-electron chi connectivity index (χ4n) is 2.03. The number of hydrogen-bond donors (Lipinski definition) is 2. The van der Waals surface area contributed by atoms with Crippen LogP contribution in [-0.2, 0) is 0 Å². The number of benzene rings is 2. The Morgan fingerprint density at radius 2 is 1.95 bits per heavy atom. The van der Waals surface area contributed by atoms with Crippen molar-refractivity contribution in [2.45, 2.75) is 0 Å². The summed E-state index contributed by atoms with van der Waals surface area (Å²) in [6.07, 6.45) is 0. The van der Waals surface area contributed by atoms with Gasteiger partial charge in [-0.1, -0.05) is 0 Å². The molecule has 1 aromatic heterocycles. The number of nitrogens with zero attached hydrogens (tertiary/aromatic N) is 1. The molecule has 0 saturated carbocycles. The average Bonchev–Trinajstić information content (AvgIpc) is 2.90. The van der Waals surface area contributed by atoms with Crippen molar-refractivity contribution in [1.29, 1.82) is 0 Å². The Morgan fingerprint density at radius 3 is 2.60 bits per heavy atom. The number of imidazole rings is 1. The van der Waals surface area contributed by atoms with Crippen LogP contribution in [0.5, 0.6) is 5.75 Å². The highest BCUT2D eigenvalue weighted by molar-refractivity contribution is 5.93. The largest absolute Gasteiger partial charge is 0.497 e. The molecule has 5 nitrogen and oxygen atoms in total. The maximum atomic E-state index is 10.9. The van der Waals surface area contributed by atoms with Crippen molar-refractivity contribution in [3.8, 4) is 17.1 Å². The third kappa shape index (κ3) is 2.09. The van der Waals surface area contributed by atoms with Gasteiger partial charge in [0.15, 0.2) is 0 Å². The van der Waals surface area contributed by atoms with Gasteiger partial charge in [0.05, 0.1) is 23.7 Å². The van der Waals surface area contributed by atoms with E-state index in [0.29, 0.717) is 11.3 Å². The number of aromatic nitrogens is 2. The van der Waals surface area contributed by atoms with E-state index in [-0.39, 0.29) is 5.56 Å². The van der Waals surface area contributed by atoms with Crippen LogP contribution >= 0.6 is 0 Å². The Bertz CT molecular complexity index is 775. The second kappa shape index (κ2) is 4.70. The number of carboxylic acid groups (broad SMARTS) is 1. The number of hydrogen-bond acceptors (Lipinski definition) is 3. The first-order valence-electron chi connectivity index (χ1n) is 6.05. The molecule has 0 spiro atoms. The molecule has 0 aliphatic rings. The minimum Gasteiger partial charge on any atom is -0.497 e. The Hall–Kier alpha value is -2.82. The van der Waals surface area contributed by atoms with E-state index in [1.165, 1.54) is 0 Å². The fourth-order valence-corrected chi connectivity index (χ4v) is 2.03. The lowest BCUT2D eigenvalue weighted by molar-refractivity contribution is 0.0697. The van der Waals surface area contributed by atoms with Gasteiger partial charge in [-0.3, -0.25) is 0 Å². The molecule has 0 bridgehead atoms. The number of fused-ring (bicyclic) bond motifs is 1. The van der Waals surface area contributed by atoms with Crippen LogP contribution < -0.4 is 4.74 Å². The van der Waals surface area contributed by atoms with Gasteiger partial charge in [0.2, 0.25) is 0 Å². The standard InChI is InChI=1S/C15H12N2O3/c1-20-11-5-2-9(3-6-11)14-16-12-7-4-10(15(18)19)8-13(12)17-14/h2-8H,1H3,(H,16,17)(H,18,19). The molecule has 0 saturated heterocycles. The lowest BCUT2D eigenvalue weighted by Gasteiger charge is -2.00. The first-order chi connectivity index (χ1) is 9.67. The van der Waals surface area contributed by atoms with Gasteiger partial charge in [0.1, 0.15) is 11.6 Å². The molecule has 3 aromatic rings. The summed E-state index contributed by atoms with van der Waals surface area (Å²) in [7, 11) is 1.61. The number of nitrogens with one attached hydrogen (secondary N) is 1. The van der Waals surface area contributed by atoms with Crippen molar-refractivity contribution >= 4 is 17.0 Å². The second-order valence-electron chi connectivity index (χ2n) is 4.35. The molecule has 3 rings (SSSR count). The van der Waals surface area contributed by atoms with Crippen molar-refractivity contribution in [2.24, 2.45) is 0 Å². The zero-order valence-corrected chi connectivity index (χ0v) is 10.8. The van der Waals surface area contributed by atoms with Crippen molar-refractivity contribution in [3.63, 3.8) is 0 Å². The Balaban J connectivity index is 2.05. The van der Waals surface area contributed by atoms with Gasteiger partial charge in [-0.15, -0.1) is 0 Å². The number of methoxy groups -OCH3 is 1. The van der Waals surface area contributed by atoms with Crippen LogP contribution in [0.3, 0.4) is 0 Å². The van der Waals surface area contributed by atoms with Crippen LogP contribution in [0.4, 0.5) is 0 Å². The number of aromatic carboxylic acids is 1. The highest BCUT2D eigenvalue weighted by Gasteiger charge is 2.08. The monoisotopic (exact) mass is 268 g/mol. The van der Waals surface area contributed by atoms with Gasteiger partial charge in [-0.05, 0) is 42.5 Å². The molecule has 100 valence electrons. The summed E-state index contributed by atoms with van der Waals surface area (Å²) >= 11 is 0. The molecule has 0 aliphatic heterocycles. The number of H-pyrrole nitrogens is 1. The summed E-state index contributed by atoms with van der Waals surface area (Å²) < 4.78 is 5.11.